The van der Waals surface area contributed by atoms with Crippen molar-refractivity contribution in [1.82, 2.24) is 0 Å². The average Bonchev–Trinajstić information content (AvgIpc) is 3.00. The number of methoxy groups -OCH3 is 1. The van der Waals surface area contributed by atoms with E-state index < -0.39 is 26.0 Å². The van der Waals surface area contributed by atoms with Gasteiger partial charge in [0, 0.05) is 12.2 Å². The summed E-state index contributed by atoms with van der Waals surface area (Å²) in [6.07, 6.45) is 8.87. The third-order valence-electron chi connectivity index (χ3n) is 5.06. The zero-order valence-corrected chi connectivity index (χ0v) is 20.4. The Bertz CT molecular complexity index is 671. The van der Waals surface area contributed by atoms with E-state index in [0.717, 1.165) is 12.2 Å². The minimum absolute atomic E-state index is 0.0653. The average molecular weight is 441 g/mol. The normalized spacial score (nSPS) is 20.9. The Morgan fingerprint density at radius 3 is 2.33 bits per heavy atom. The first kappa shape index (κ1) is 26.3. The van der Waals surface area contributed by atoms with Gasteiger partial charge in [-0.2, -0.15) is 0 Å². The van der Waals surface area contributed by atoms with Gasteiger partial charge < -0.3 is 23.4 Å². The Kier molecular flexibility index (Phi) is 9.68. The van der Waals surface area contributed by atoms with Gasteiger partial charge >= 0.3 is 11.9 Å². The molecular formula is C22H36O7Si. The molecule has 170 valence electrons. The van der Waals surface area contributed by atoms with Gasteiger partial charge in [0.05, 0.1) is 19.8 Å². The van der Waals surface area contributed by atoms with Gasteiger partial charge in [-0.3, -0.25) is 0 Å². The highest BCUT2D eigenvalue weighted by molar-refractivity contribution is 6.74. The fourth-order valence-corrected chi connectivity index (χ4v) is 3.59. The molecule has 0 amide bonds. The molecule has 0 bridgehead atoms. The van der Waals surface area contributed by atoms with Crippen molar-refractivity contribution in [3.63, 3.8) is 0 Å². The number of hydrogen-bond donors (Lipinski definition) is 0. The highest BCUT2D eigenvalue weighted by Crippen LogP contribution is 2.39. The van der Waals surface area contributed by atoms with Crippen molar-refractivity contribution < 1.29 is 33.0 Å². The van der Waals surface area contributed by atoms with Crippen LogP contribution in [0.3, 0.4) is 0 Å². The maximum absolute atomic E-state index is 11.5. The molecule has 1 heterocycles. The second-order valence-electron chi connectivity index (χ2n) is 9.01. The van der Waals surface area contributed by atoms with Crippen LogP contribution in [0.15, 0.2) is 36.5 Å². The van der Waals surface area contributed by atoms with E-state index in [2.05, 4.69) is 38.6 Å². The molecule has 0 aromatic heterocycles. The molecule has 0 saturated carbocycles. The maximum atomic E-state index is 11.5. The molecule has 0 aromatic carbocycles. The van der Waals surface area contributed by atoms with E-state index in [4.69, 9.17) is 18.6 Å². The molecule has 1 aliphatic heterocycles. The third kappa shape index (κ3) is 8.95. The Labute approximate surface area is 181 Å². The maximum Gasteiger partial charge on any atom is 0.331 e. The van der Waals surface area contributed by atoms with Crippen molar-refractivity contribution in [3.05, 3.63) is 36.5 Å². The number of ether oxygens (including phenoxy) is 4. The van der Waals surface area contributed by atoms with Gasteiger partial charge in [-0.25, -0.2) is 9.59 Å². The van der Waals surface area contributed by atoms with E-state index in [0.29, 0.717) is 6.61 Å². The van der Waals surface area contributed by atoms with Gasteiger partial charge in [-0.05, 0) is 38.1 Å². The molecule has 2 atom stereocenters. The fraction of sp³-hybridized carbons (Fsp3) is 0.636. The number of carbonyl (C=O) groups excluding carboxylic acids is 2. The number of allylic oxidation sites excluding steroid dienone is 2. The lowest BCUT2D eigenvalue weighted by atomic mass is 10.2. The van der Waals surface area contributed by atoms with Crippen LogP contribution in [0.25, 0.3) is 0 Å². The van der Waals surface area contributed by atoms with E-state index in [-0.39, 0.29) is 23.9 Å². The molecule has 1 saturated heterocycles. The Hall–Kier alpha value is -1.74. The molecule has 8 heteroatoms. The zero-order chi connectivity index (χ0) is 23.0. The first-order valence-corrected chi connectivity index (χ1v) is 12.9. The second kappa shape index (κ2) is 11.0. The SMILES string of the molecule is COC(=O)/C=C/C(=O)OC/C=C/C=C/[C@H](O[Si](C)(C)C(C)(C)C)[C@@H]1COC(C)(C)O1. The van der Waals surface area contributed by atoms with Crippen molar-refractivity contribution in [2.45, 2.75) is 70.7 Å². The van der Waals surface area contributed by atoms with Crippen LogP contribution in [-0.2, 0) is 33.0 Å². The Morgan fingerprint density at radius 2 is 1.80 bits per heavy atom. The molecule has 0 radical (unpaired) electrons. The van der Waals surface area contributed by atoms with Crippen LogP contribution in [0, 0.1) is 0 Å². The van der Waals surface area contributed by atoms with E-state index in [1.807, 2.05) is 26.0 Å². The highest BCUT2D eigenvalue weighted by atomic mass is 28.4. The van der Waals surface area contributed by atoms with Crippen LogP contribution in [0.1, 0.15) is 34.6 Å². The molecule has 1 fully saturated rings. The van der Waals surface area contributed by atoms with Crippen molar-refractivity contribution in [2.75, 3.05) is 20.3 Å². The molecule has 0 aliphatic carbocycles. The highest BCUT2D eigenvalue weighted by Gasteiger charge is 2.43. The lowest BCUT2D eigenvalue weighted by molar-refractivity contribution is -0.146. The Balaban J connectivity index is 2.69. The van der Waals surface area contributed by atoms with E-state index in [1.165, 1.54) is 7.11 Å². The molecule has 0 N–H and O–H groups in total. The standard InChI is InChI=1S/C22H36O7Si/c1-21(2,3)30(7,8)29-17(18-16-27-22(4,5)28-18)12-10-9-11-15-26-20(24)14-13-19(23)25-6/h9-14,17-18H,15-16H2,1-8H3/b11-9+,12-10+,14-13+/t17-,18-/m0/s1. The van der Waals surface area contributed by atoms with Crippen LogP contribution in [0.2, 0.25) is 18.1 Å². The monoisotopic (exact) mass is 440 g/mol. The minimum Gasteiger partial charge on any atom is -0.466 e. The fourth-order valence-electron chi connectivity index (χ4n) is 2.32. The third-order valence-corrected chi connectivity index (χ3v) is 9.53. The molecule has 7 nitrogen and oxygen atoms in total. The van der Waals surface area contributed by atoms with Gasteiger partial charge in [0.2, 0.25) is 0 Å². The van der Waals surface area contributed by atoms with Crippen LogP contribution < -0.4 is 0 Å². The summed E-state index contributed by atoms with van der Waals surface area (Å²) in [5.74, 6) is -1.86. The van der Waals surface area contributed by atoms with E-state index in [1.54, 1.807) is 12.2 Å². The lowest BCUT2D eigenvalue weighted by Crippen LogP contribution is -2.47. The quantitative estimate of drug-likeness (QED) is 0.233. The molecule has 1 rings (SSSR count). The summed E-state index contributed by atoms with van der Waals surface area (Å²) in [6, 6.07) is 0. The summed E-state index contributed by atoms with van der Waals surface area (Å²) in [7, 11) is -0.784. The van der Waals surface area contributed by atoms with Crippen LogP contribution in [0.5, 0.6) is 0 Å². The van der Waals surface area contributed by atoms with E-state index >= 15 is 0 Å². The number of carbonyl (C=O) groups is 2. The molecule has 1 aliphatic rings. The summed E-state index contributed by atoms with van der Waals surface area (Å²) < 4.78 is 27.7. The van der Waals surface area contributed by atoms with Gasteiger partial charge in [0.1, 0.15) is 12.7 Å². The summed E-state index contributed by atoms with van der Waals surface area (Å²) >= 11 is 0. The summed E-state index contributed by atoms with van der Waals surface area (Å²) in [4.78, 5) is 22.4. The summed E-state index contributed by atoms with van der Waals surface area (Å²) in [6.45, 7) is 15.3. The van der Waals surface area contributed by atoms with Crippen molar-refractivity contribution >= 4 is 20.3 Å². The largest absolute Gasteiger partial charge is 0.466 e. The van der Waals surface area contributed by atoms with Gasteiger partial charge in [-0.1, -0.05) is 39.0 Å². The lowest BCUT2D eigenvalue weighted by Gasteiger charge is -2.39. The predicted octanol–water partition coefficient (Wildman–Crippen LogP) is 3.91. The topological polar surface area (TPSA) is 80.3 Å². The molecule has 0 spiro atoms. The predicted molar refractivity (Wildman–Crippen MR) is 117 cm³/mol. The summed E-state index contributed by atoms with van der Waals surface area (Å²) in [5.41, 5.74) is 0. The summed E-state index contributed by atoms with van der Waals surface area (Å²) in [5, 5.41) is 0.0653. The van der Waals surface area contributed by atoms with Gasteiger partial charge in [-0.15, -0.1) is 0 Å². The molecule has 0 aromatic rings. The van der Waals surface area contributed by atoms with Gasteiger partial charge in [0.15, 0.2) is 14.1 Å². The van der Waals surface area contributed by atoms with Gasteiger partial charge in [0.25, 0.3) is 0 Å². The first-order valence-electron chi connectivity index (χ1n) is 10.0. The Morgan fingerprint density at radius 1 is 1.17 bits per heavy atom. The van der Waals surface area contributed by atoms with Crippen molar-refractivity contribution in [1.29, 1.82) is 0 Å². The van der Waals surface area contributed by atoms with Crippen LogP contribution in [0.4, 0.5) is 0 Å². The minimum atomic E-state index is -2.02. The molecule has 30 heavy (non-hydrogen) atoms. The van der Waals surface area contributed by atoms with Crippen LogP contribution >= 0.6 is 0 Å². The number of hydrogen-bond acceptors (Lipinski definition) is 7. The number of esters is 2. The first-order chi connectivity index (χ1) is 13.8. The molecular weight excluding hydrogens is 404 g/mol. The van der Waals surface area contributed by atoms with Crippen molar-refractivity contribution in [3.8, 4) is 0 Å². The molecule has 0 unspecified atom stereocenters. The van der Waals surface area contributed by atoms with Crippen molar-refractivity contribution in [2.24, 2.45) is 0 Å². The van der Waals surface area contributed by atoms with Crippen LogP contribution in [-0.4, -0.2) is 58.6 Å². The second-order valence-corrected chi connectivity index (χ2v) is 13.8. The smallest absolute Gasteiger partial charge is 0.331 e. The van der Waals surface area contributed by atoms with E-state index in [9.17, 15) is 9.59 Å². The number of rotatable bonds is 9. The zero-order valence-electron chi connectivity index (χ0n) is 19.4.